The molecule has 0 bridgehead atoms. The fourth-order valence-corrected chi connectivity index (χ4v) is 4.39. The van der Waals surface area contributed by atoms with Gasteiger partial charge in [-0.05, 0) is 37.6 Å². The monoisotopic (exact) mass is 383 g/mol. The molecule has 1 amide bonds. The molecule has 0 spiro atoms. The zero-order valence-corrected chi connectivity index (χ0v) is 17.0. The van der Waals surface area contributed by atoms with E-state index in [0.717, 1.165) is 22.6 Å². The van der Waals surface area contributed by atoms with Gasteiger partial charge >= 0.3 is 0 Å². The zero-order chi connectivity index (χ0) is 19.4. The van der Waals surface area contributed by atoms with Gasteiger partial charge in [-0.25, -0.2) is 0 Å². The molecule has 27 heavy (non-hydrogen) atoms. The Morgan fingerprint density at radius 1 is 1.22 bits per heavy atom. The van der Waals surface area contributed by atoms with Gasteiger partial charge in [0, 0.05) is 27.8 Å². The van der Waals surface area contributed by atoms with Crippen molar-refractivity contribution in [1.82, 2.24) is 0 Å². The van der Waals surface area contributed by atoms with E-state index in [0.29, 0.717) is 28.9 Å². The molecule has 0 fully saturated rings. The largest absolute Gasteiger partial charge is 0.493 e. The van der Waals surface area contributed by atoms with E-state index in [1.165, 1.54) is 0 Å². The first-order valence-corrected chi connectivity index (χ1v) is 9.93. The zero-order valence-electron chi connectivity index (χ0n) is 16.2. The number of allylic oxidation sites excluding steroid dienone is 1. The Balaban J connectivity index is 2.07. The second kappa shape index (κ2) is 8.53. The Hall–Kier alpha value is -2.40. The van der Waals surface area contributed by atoms with Gasteiger partial charge in [-0.2, -0.15) is 0 Å². The van der Waals surface area contributed by atoms with E-state index >= 15 is 0 Å². The molecule has 1 atom stereocenters. The number of hydrogen-bond acceptors (Lipinski definition) is 4. The Labute approximate surface area is 165 Å². The summed E-state index contributed by atoms with van der Waals surface area (Å²) in [5, 5.41) is 0.466. The van der Waals surface area contributed by atoms with Gasteiger partial charge in [0.25, 0.3) is 5.91 Å². The number of thioether (sulfide) groups is 1. The predicted octanol–water partition coefficient (Wildman–Crippen LogP) is 5.27. The summed E-state index contributed by atoms with van der Waals surface area (Å²) in [5.74, 6) is 1.17. The summed E-state index contributed by atoms with van der Waals surface area (Å²) in [5.41, 5.74) is 2.39. The first-order chi connectivity index (χ1) is 13.1. The van der Waals surface area contributed by atoms with Crippen LogP contribution in [-0.4, -0.2) is 31.9 Å². The van der Waals surface area contributed by atoms with Crippen LogP contribution in [0.15, 0.2) is 47.4 Å². The van der Waals surface area contributed by atoms with Crippen molar-refractivity contribution < 1.29 is 14.3 Å². The molecule has 0 aromatic heterocycles. The minimum absolute atomic E-state index is 0.0242. The molecule has 2 aromatic rings. The maximum atomic E-state index is 13.4. The lowest BCUT2D eigenvalue weighted by molar-refractivity contribution is 0.0986. The molecule has 1 aliphatic heterocycles. The van der Waals surface area contributed by atoms with Gasteiger partial charge in [0.15, 0.2) is 11.5 Å². The lowest BCUT2D eigenvalue weighted by Gasteiger charge is -2.23. The summed E-state index contributed by atoms with van der Waals surface area (Å²) in [4.78, 5) is 16.5. The second-order valence-corrected chi connectivity index (χ2v) is 7.92. The molecule has 0 radical (unpaired) electrons. The highest BCUT2D eigenvalue weighted by molar-refractivity contribution is 8.00. The van der Waals surface area contributed by atoms with Crippen LogP contribution in [0.5, 0.6) is 11.5 Å². The highest BCUT2D eigenvalue weighted by Gasteiger charge is 2.26. The molecule has 1 aliphatic rings. The number of fused-ring (bicyclic) bond motifs is 1. The van der Waals surface area contributed by atoms with Gasteiger partial charge in [-0.1, -0.05) is 31.2 Å². The summed E-state index contributed by atoms with van der Waals surface area (Å²) < 4.78 is 11.0. The summed E-state index contributed by atoms with van der Waals surface area (Å²) in [7, 11) is 3.20. The SMILES string of the molecule is CC=Cc1cc(C(=O)N2CCC(C)Sc3ccccc32)cc(OC)c1OC. The van der Waals surface area contributed by atoms with E-state index in [-0.39, 0.29) is 5.91 Å². The second-order valence-electron chi connectivity index (χ2n) is 6.44. The lowest BCUT2D eigenvalue weighted by atomic mass is 10.1. The van der Waals surface area contributed by atoms with Crippen molar-refractivity contribution in [2.45, 2.75) is 30.4 Å². The van der Waals surface area contributed by atoms with Crippen molar-refractivity contribution in [3.05, 3.63) is 53.6 Å². The first kappa shape index (κ1) is 19.4. The molecule has 1 heterocycles. The fraction of sp³-hybridized carbons (Fsp3) is 0.318. The first-order valence-electron chi connectivity index (χ1n) is 9.05. The van der Waals surface area contributed by atoms with Crippen molar-refractivity contribution in [2.24, 2.45) is 0 Å². The number of anilines is 1. The molecule has 142 valence electrons. The molecule has 0 saturated heterocycles. The smallest absolute Gasteiger partial charge is 0.258 e. The number of methoxy groups -OCH3 is 2. The van der Waals surface area contributed by atoms with Crippen LogP contribution >= 0.6 is 11.8 Å². The van der Waals surface area contributed by atoms with E-state index in [4.69, 9.17) is 9.47 Å². The van der Waals surface area contributed by atoms with Crippen LogP contribution in [-0.2, 0) is 0 Å². The number of nitrogens with zero attached hydrogens (tertiary/aromatic N) is 1. The molecule has 0 N–H and O–H groups in total. The third-order valence-corrected chi connectivity index (χ3v) is 5.83. The van der Waals surface area contributed by atoms with E-state index in [9.17, 15) is 4.79 Å². The number of amides is 1. The number of ether oxygens (including phenoxy) is 2. The average molecular weight is 384 g/mol. The van der Waals surface area contributed by atoms with Crippen LogP contribution in [0.25, 0.3) is 6.08 Å². The van der Waals surface area contributed by atoms with Crippen LogP contribution < -0.4 is 14.4 Å². The fourth-order valence-electron chi connectivity index (χ4n) is 3.27. The van der Waals surface area contributed by atoms with Crippen LogP contribution in [0.3, 0.4) is 0 Å². The number of hydrogen-bond donors (Lipinski definition) is 0. The average Bonchev–Trinajstić information content (AvgIpc) is 2.85. The standard InChI is InChI=1S/C22H25NO3S/c1-5-8-16-13-17(14-19(25-3)21(16)26-4)22(24)23-12-11-15(2)27-20-10-7-6-9-18(20)23/h5-10,13-15H,11-12H2,1-4H3. The van der Waals surface area contributed by atoms with Crippen LogP contribution in [0.2, 0.25) is 0 Å². The molecule has 4 nitrogen and oxygen atoms in total. The van der Waals surface area contributed by atoms with Crippen LogP contribution in [0.1, 0.15) is 36.2 Å². The maximum Gasteiger partial charge on any atom is 0.258 e. The van der Waals surface area contributed by atoms with Crippen molar-refractivity contribution in [1.29, 1.82) is 0 Å². The topological polar surface area (TPSA) is 38.8 Å². The van der Waals surface area contributed by atoms with Crippen molar-refractivity contribution in [2.75, 3.05) is 25.7 Å². The Morgan fingerprint density at radius 3 is 2.70 bits per heavy atom. The normalized spacial score (nSPS) is 16.7. The Morgan fingerprint density at radius 2 is 2.00 bits per heavy atom. The van der Waals surface area contributed by atoms with Gasteiger partial charge in [0.2, 0.25) is 0 Å². The molecule has 0 saturated carbocycles. The van der Waals surface area contributed by atoms with Gasteiger partial charge in [-0.15, -0.1) is 11.8 Å². The highest BCUT2D eigenvalue weighted by Crippen LogP contribution is 2.39. The molecule has 0 aliphatic carbocycles. The molecule has 3 rings (SSSR count). The number of para-hydroxylation sites is 1. The predicted molar refractivity (Wildman–Crippen MR) is 112 cm³/mol. The van der Waals surface area contributed by atoms with Gasteiger partial charge in [-0.3, -0.25) is 4.79 Å². The maximum absolute atomic E-state index is 13.4. The van der Waals surface area contributed by atoms with Gasteiger partial charge in [0.1, 0.15) is 0 Å². The quantitative estimate of drug-likeness (QED) is 0.721. The molecular formula is C22H25NO3S. The van der Waals surface area contributed by atoms with E-state index in [1.54, 1.807) is 20.3 Å². The van der Waals surface area contributed by atoms with Crippen molar-refractivity contribution in [3.63, 3.8) is 0 Å². The molecule has 1 unspecified atom stereocenters. The Bertz CT molecular complexity index is 863. The number of carbonyl (C=O) groups excluding carboxylic acids is 1. The Kier molecular flexibility index (Phi) is 6.11. The summed E-state index contributed by atoms with van der Waals surface area (Å²) in [6.45, 7) is 4.83. The third kappa shape index (κ3) is 3.98. The summed E-state index contributed by atoms with van der Waals surface area (Å²) >= 11 is 1.82. The molecule has 5 heteroatoms. The van der Waals surface area contributed by atoms with E-state index < -0.39 is 0 Å². The van der Waals surface area contributed by atoms with Crippen molar-refractivity contribution in [3.8, 4) is 11.5 Å². The minimum atomic E-state index is -0.0242. The molecule has 2 aromatic carbocycles. The molecular weight excluding hydrogens is 358 g/mol. The third-order valence-electron chi connectivity index (χ3n) is 4.59. The van der Waals surface area contributed by atoms with Crippen LogP contribution in [0.4, 0.5) is 5.69 Å². The number of rotatable bonds is 4. The van der Waals surface area contributed by atoms with Crippen molar-refractivity contribution >= 4 is 29.4 Å². The summed E-state index contributed by atoms with van der Waals surface area (Å²) in [6, 6.07) is 11.7. The summed E-state index contributed by atoms with van der Waals surface area (Å²) in [6.07, 6.45) is 4.79. The van der Waals surface area contributed by atoms with E-state index in [1.807, 2.05) is 60.0 Å². The lowest BCUT2D eigenvalue weighted by Crippen LogP contribution is -2.32. The van der Waals surface area contributed by atoms with Gasteiger partial charge < -0.3 is 14.4 Å². The number of carbonyl (C=O) groups is 1. The van der Waals surface area contributed by atoms with E-state index in [2.05, 4.69) is 13.0 Å². The van der Waals surface area contributed by atoms with Crippen LogP contribution in [0, 0.1) is 0 Å². The van der Waals surface area contributed by atoms with Gasteiger partial charge in [0.05, 0.1) is 19.9 Å². The highest BCUT2D eigenvalue weighted by atomic mass is 32.2. The number of benzene rings is 2. The minimum Gasteiger partial charge on any atom is -0.493 e.